The maximum absolute atomic E-state index is 10.2. The molecule has 0 aliphatic rings. The number of aliphatic carboxylic acids is 1. The molecular formula is C12H20O2. The first kappa shape index (κ1) is 12.9. The van der Waals surface area contributed by atoms with Crippen LogP contribution >= 0.6 is 0 Å². The van der Waals surface area contributed by atoms with Crippen molar-refractivity contribution in [3.05, 3.63) is 23.8 Å². The van der Waals surface area contributed by atoms with Gasteiger partial charge in [0.25, 0.3) is 0 Å². The van der Waals surface area contributed by atoms with Crippen LogP contribution in [0.5, 0.6) is 0 Å². The van der Waals surface area contributed by atoms with Crippen LogP contribution in [0.1, 0.15) is 46.0 Å². The highest BCUT2D eigenvalue weighted by Gasteiger charge is 1.98. The van der Waals surface area contributed by atoms with Gasteiger partial charge in [-0.2, -0.15) is 0 Å². The third kappa shape index (κ3) is 9.04. The summed E-state index contributed by atoms with van der Waals surface area (Å²) in [7, 11) is 0. The largest absolute Gasteiger partial charge is 0.481 e. The molecule has 14 heavy (non-hydrogen) atoms. The fourth-order valence-corrected chi connectivity index (χ4v) is 1.18. The Balaban J connectivity index is 3.47. The second kappa shape index (κ2) is 7.36. The summed E-state index contributed by atoms with van der Waals surface area (Å²) in [4.78, 5) is 10.2. The van der Waals surface area contributed by atoms with E-state index >= 15 is 0 Å². The van der Waals surface area contributed by atoms with Crippen LogP contribution in [0.2, 0.25) is 0 Å². The van der Waals surface area contributed by atoms with Gasteiger partial charge in [-0.05, 0) is 39.5 Å². The van der Waals surface area contributed by atoms with E-state index in [-0.39, 0.29) is 6.42 Å². The lowest BCUT2D eigenvalue weighted by Gasteiger charge is -2.02. The van der Waals surface area contributed by atoms with E-state index in [4.69, 9.17) is 5.11 Å². The number of hydrogen-bond acceptors (Lipinski definition) is 1. The zero-order chi connectivity index (χ0) is 11.0. The van der Waals surface area contributed by atoms with Crippen LogP contribution in [0.3, 0.4) is 0 Å². The Morgan fingerprint density at radius 3 is 2.43 bits per heavy atom. The molecule has 0 heterocycles. The standard InChI is InChI=1S/C12H20O2/c1-10(2)6-4-7-11(3)8-5-9-12(13)14/h6H,3-5,7-9H2,1-2H3,(H,13,14). The minimum atomic E-state index is -0.720. The molecule has 0 unspecified atom stereocenters. The van der Waals surface area contributed by atoms with Gasteiger partial charge in [-0.15, -0.1) is 0 Å². The first-order chi connectivity index (χ1) is 6.52. The van der Waals surface area contributed by atoms with Gasteiger partial charge in [0.1, 0.15) is 0 Å². The van der Waals surface area contributed by atoms with E-state index in [1.165, 1.54) is 5.57 Å². The van der Waals surface area contributed by atoms with Gasteiger partial charge in [0.05, 0.1) is 0 Å². The highest BCUT2D eigenvalue weighted by Crippen LogP contribution is 2.12. The van der Waals surface area contributed by atoms with Gasteiger partial charge < -0.3 is 5.11 Å². The van der Waals surface area contributed by atoms with Crippen molar-refractivity contribution >= 4 is 5.97 Å². The Kier molecular flexibility index (Phi) is 6.81. The lowest BCUT2D eigenvalue weighted by Crippen LogP contribution is -1.94. The third-order valence-corrected chi connectivity index (χ3v) is 1.97. The van der Waals surface area contributed by atoms with Crippen LogP contribution in [0.25, 0.3) is 0 Å². The highest BCUT2D eigenvalue weighted by molar-refractivity contribution is 5.66. The number of carbonyl (C=O) groups is 1. The first-order valence-electron chi connectivity index (χ1n) is 5.04. The summed E-state index contributed by atoms with van der Waals surface area (Å²) in [6, 6.07) is 0. The summed E-state index contributed by atoms with van der Waals surface area (Å²) in [6.07, 6.45) is 5.98. The Morgan fingerprint density at radius 1 is 1.29 bits per heavy atom. The highest BCUT2D eigenvalue weighted by atomic mass is 16.4. The maximum atomic E-state index is 10.2. The monoisotopic (exact) mass is 196 g/mol. The van der Waals surface area contributed by atoms with Crippen molar-refractivity contribution in [2.45, 2.75) is 46.0 Å². The molecule has 1 N–H and O–H groups in total. The molecule has 0 atom stereocenters. The van der Waals surface area contributed by atoms with Gasteiger partial charge >= 0.3 is 5.97 Å². The van der Waals surface area contributed by atoms with Gasteiger partial charge in [-0.3, -0.25) is 4.79 Å². The molecule has 0 aliphatic carbocycles. The quantitative estimate of drug-likeness (QED) is 0.632. The number of carboxylic acid groups (broad SMARTS) is 1. The van der Waals surface area contributed by atoms with E-state index < -0.39 is 5.97 Å². The fourth-order valence-electron chi connectivity index (χ4n) is 1.18. The van der Waals surface area contributed by atoms with E-state index in [9.17, 15) is 4.79 Å². The van der Waals surface area contributed by atoms with Crippen LogP contribution < -0.4 is 0 Å². The number of allylic oxidation sites excluding steroid dienone is 3. The average Bonchev–Trinajstić information content (AvgIpc) is 2.02. The summed E-state index contributed by atoms with van der Waals surface area (Å²) >= 11 is 0. The molecule has 0 amide bonds. The Labute approximate surface area is 86.3 Å². The minimum absolute atomic E-state index is 0.252. The van der Waals surface area contributed by atoms with Crippen LogP contribution in [0, 0.1) is 0 Å². The van der Waals surface area contributed by atoms with E-state index in [2.05, 4.69) is 26.5 Å². The smallest absolute Gasteiger partial charge is 0.303 e. The molecule has 0 fully saturated rings. The van der Waals surface area contributed by atoms with Crippen LogP contribution in [0.15, 0.2) is 23.8 Å². The van der Waals surface area contributed by atoms with Gasteiger partial charge in [-0.25, -0.2) is 0 Å². The second-order valence-corrected chi connectivity index (χ2v) is 3.82. The normalized spacial score (nSPS) is 9.57. The van der Waals surface area contributed by atoms with Crippen molar-refractivity contribution in [3.8, 4) is 0 Å². The molecule has 0 aromatic carbocycles. The average molecular weight is 196 g/mol. The molecule has 0 bridgehead atoms. The molecule has 0 rings (SSSR count). The zero-order valence-electron chi connectivity index (χ0n) is 9.18. The van der Waals surface area contributed by atoms with Gasteiger partial charge in [0.15, 0.2) is 0 Å². The maximum Gasteiger partial charge on any atom is 0.303 e. The number of carboxylic acids is 1. The first-order valence-corrected chi connectivity index (χ1v) is 5.04. The Hall–Kier alpha value is -1.05. The molecule has 2 nitrogen and oxygen atoms in total. The SMILES string of the molecule is C=C(CCC=C(C)C)CCCC(=O)O. The van der Waals surface area contributed by atoms with Gasteiger partial charge in [0, 0.05) is 6.42 Å². The third-order valence-electron chi connectivity index (χ3n) is 1.97. The van der Waals surface area contributed by atoms with Gasteiger partial charge in [0.2, 0.25) is 0 Å². The summed E-state index contributed by atoms with van der Waals surface area (Å²) < 4.78 is 0. The number of hydrogen-bond donors (Lipinski definition) is 1. The summed E-state index contributed by atoms with van der Waals surface area (Å²) in [5, 5.41) is 8.44. The van der Waals surface area contributed by atoms with Crippen molar-refractivity contribution in [2.24, 2.45) is 0 Å². The molecule has 0 aromatic rings. The van der Waals surface area contributed by atoms with Crippen molar-refractivity contribution in [2.75, 3.05) is 0 Å². The predicted molar refractivity (Wildman–Crippen MR) is 59.3 cm³/mol. The van der Waals surface area contributed by atoms with Crippen molar-refractivity contribution in [1.82, 2.24) is 0 Å². The molecule has 0 spiro atoms. The molecule has 80 valence electrons. The summed E-state index contributed by atoms with van der Waals surface area (Å²) in [5.41, 5.74) is 2.48. The van der Waals surface area contributed by atoms with Crippen molar-refractivity contribution in [1.29, 1.82) is 0 Å². The molecule has 2 heteroatoms. The fraction of sp³-hybridized carbons (Fsp3) is 0.583. The molecule has 0 saturated carbocycles. The van der Waals surface area contributed by atoms with E-state index in [1.807, 2.05) is 0 Å². The lowest BCUT2D eigenvalue weighted by atomic mass is 10.0. The van der Waals surface area contributed by atoms with Gasteiger partial charge in [-0.1, -0.05) is 23.8 Å². The molecule has 0 aromatic heterocycles. The van der Waals surface area contributed by atoms with Crippen LogP contribution in [-0.4, -0.2) is 11.1 Å². The Bertz CT molecular complexity index is 222. The Morgan fingerprint density at radius 2 is 1.93 bits per heavy atom. The predicted octanol–water partition coefficient (Wildman–Crippen LogP) is 3.54. The summed E-state index contributed by atoms with van der Waals surface area (Å²) in [6.45, 7) is 8.08. The lowest BCUT2D eigenvalue weighted by molar-refractivity contribution is -0.137. The molecule has 0 radical (unpaired) electrons. The molecular weight excluding hydrogens is 176 g/mol. The van der Waals surface area contributed by atoms with Crippen LogP contribution in [0.4, 0.5) is 0 Å². The van der Waals surface area contributed by atoms with Crippen molar-refractivity contribution < 1.29 is 9.90 Å². The van der Waals surface area contributed by atoms with Crippen LogP contribution in [-0.2, 0) is 4.79 Å². The van der Waals surface area contributed by atoms with Crippen molar-refractivity contribution in [3.63, 3.8) is 0 Å². The molecule has 0 aliphatic heterocycles. The summed E-state index contributed by atoms with van der Waals surface area (Å²) in [5.74, 6) is -0.720. The molecule has 0 saturated heterocycles. The van der Waals surface area contributed by atoms with E-state index in [0.29, 0.717) is 6.42 Å². The topological polar surface area (TPSA) is 37.3 Å². The zero-order valence-corrected chi connectivity index (χ0v) is 9.18. The van der Waals surface area contributed by atoms with E-state index in [1.54, 1.807) is 0 Å². The minimum Gasteiger partial charge on any atom is -0.481 e. The van der Waals surface area contributed by atoms with E-state index in [0.717, 1.165) is 24.8 Å². The second-order valence-electron chi connectivity index (χ2n) is 3.82. The number of rotatable bonds is 7.